The number of fused-ring (bicyclic) bond motifs is 1. The van der Waals surface area contributed by atoms with Gasteiger partial charge in [-0.05, 0) is 37.3 Å². The number of nitrogens with one attached hydrogen (secondary N) is 1. The van der Waals surface area contributed by atoms with Crippen LogP contribution >= 0.6 is 0 Å². The van der Waals surface area contributed by atoms with E-state index < -0.39 is 17.7 Å². The van der Waals surface area contributed by atoms with Crippen molar-refractivity contribution in [3.05, 3.63) is 77.1 Å². The van der Waals surface area contributed by atoms with Crippen LogP contribution in [0.4, 0.5) is 11.4 Å². The number of nitrogens with zero attached hydrogens (tertiary/aromatic N) is 4. The van der Waals surface area contributed by atoms with Gasteiger partial charge in [0, 0.05) is 26.2 Å². The van der Waals surface area contributed by atoms with E-state index in [-0.39, 0.29) is 28.5 Å². The largest absolute Gasteiger partial charge is 0.343 e. The van der Waals surface area contributed by atoms with Gasteiger partial charge in [-0.25, -0.2) is 4.90 Å². The van der Waals surface area contributed by atoms with Crippen LogP contribution in [0.15, 0.2) is 54.7 Å². The average molecular weight is 431 g/mol. The molecule has 0 saturated carbocycles. The van der Waals surface area contributed by atoms with Gasteiger partial charge < -0.3 is 10.2 Å². The summed E-state index contributed by atoms with van der Waals surface area (Å²) in [6.45, 7) is 2.30. The Bertz CT molecular complexity index is 1230. The minimum Gasteiger partial charge on any atom is -0.343 e. The van der Waals surface area contributed by atoms with E-state index in [1.807, 2.05) is 6.92 Å². The first kappa shape index (κ1) is 21.0. The van der Waals surface area contributed by atoms with E-state index >= 15 is 0 Å². The molecule has 0 fully saturated rings. The van der Waals surface area contributed by atoms with Crippen molar-refractivity contribution < 1.29 is 19.2 Å². The molecule has 0 saturated heterocycles. The molecular weight excluding hydrogens is 410 g/mol. The Morgan fingerprint density at radius 1 is 1.00 bits per heavy atom. The Labute approximate surface area is 184 Å². The average Bonchev–Trinajstić information content (AvgIpc) is 3.31. The molecule has 0 radical (unpaired) electrons. The number of hydrogen-bond donors (Lipinski definition) is 1. The smallest absolute Gasteiger partial charge is 0.273 e. The summed E-state index contributed by atoms with van der Waals surface area (Å²) in [5.41, 5.74) is 1.71. The number of aryl methyl sites for hydroxylation is 1. The van der Waals surface area contributed by atoms with E-state index in [2.05, 4.69) is 10.4 Å². The van der Waals surface area contributed by atoms with Crippen LogP contribution in [0.1, 0.15) is 48.5 Å². The quantitative estimate of drug-likeness (QED) is 0.626. The summed E-state index contributed by atoms with van der Waals surface area (Å²) in [7, 11) is 3.24. The summed E-state index contributed by atoms with van der Waals surface area (Å²) in [5, 5.41) is 6.88. The lowest BCUT2D eigenvalue weighted by atomic mass is 10.1. The minimum absolute atomic E-state index is 0.228. The number of carbonyl (C=O) groups is 4. The van der Waals surface area contributed by atoms with Crippen LogP contribution in [-0.4, -0.2) is 52.4 Å². The SMILES string of the molecule is CCn1ncc(NC(=O)c2cccc(N3C(=O)c4ccccc4C3=O)c2)c1C(=O)N(C)C. The Morgan fingerprint density at radius 3 is 2.25 bits per heavy atom. The predicted molar refractivity (Wildman–Crippen MR) is 118 cm³/mol. The fourth-order valence-corrected chi connectivity index (χ4v) is 3.56. The Morgan fingerprint density at radius 2 is 1.66 bits per heavy atom. The molecule has 1 aliphatic rings. The van der Waals surface area contributed by atoms with E-state index in [0.29, 0.717) is 17.7 Å². The molecule has 0 atom stereocenters. The van der Waals surface area contributed by atoms with E-state index in [4.69, 9.17) is 0 Å². The number of hydrogen-bond acceptors (Lipinski definition) is 5. The second-order valence-electron chi connectivity index (χ2n) is 7.42. The maximum absolute atomic E-state index is 12.9. The molecule has 0 unspecified atom stereocenters. The second-order valence-corrected chi connectivity index (χ2v) is 7.42. The zero-order valence-electron chi connectivity index (χ0n) is 17.8. The third-order valence-electron chi connectivity index (χ3n) is 5.16. The van der Waals surface area contributed by atoms with E-state index in [0.717, 1.165) is 4.90 Å². The van der Waals surface area contributed by atoms with E-state index in [1.54, 1.807) is 56.6 Å². The molecule has 4 amide bonds. The van der Waals surface area contributed by atoms with Crippen molar-refractivity contribution in [2.75, 3.05) is 24.3 Å². The molecule has 1 aliphatic heterocycles. The molecule has 0 bridgehead atoms. The number of imide groups is 1. The van der Waals surface area contributed by atoms with Crippen LogP contribution < -0.4 is 10.2 Å². The number of aromatic nitrogens is 2. The molecule has 4 rings (SSSR count). The summed E-state index contributed by atoms with van der Waals surface area (Å²) in [6, 6.07) is 12.8. The van der Waals surface area contributed by atoms with Gasteiger partial charge in [0.25, 0.3) is 23.6 Å². The number of anilines is 2. The number of benzene rings is 2. The Hall–Kier alpha value is -4.27. The van der Waals surface area contributed by atoms with Crippen molar-refractivity contribution in [1.29, 1.82) is 0 Å². The van der Waals surface area contributed by atoms with Gasteiger partial charge >= 0.3 is 0 Å². The number of amides is 4. The van der Waals surface area contributed by atoms with Crippen LogP contribution in [0, 0.1) is 0 Å². The Balaban J connectivity index is 1.63. The van der Waals surface area contributed by atoms with Crippen LogP contribution in [-0.2, 0) is 6.54 Å². The first-order chi connectivity index (χ1) is 15.3. The van der Waals surface area contributed by atoms with Gasteiger partial charge in [0.05, 0.1) is 28.7 Å². The molecule has 1 aromatic heterocycles. The van der Waals surface area contributed by atoms with Gasteiger partial charge in [0.1, 0.15) is 5.69 Å². The molecule has 162 valence electrons. The van der Waals surface area contributed by atoms with Crippen molar-refractivity contribution in [3.8, 4) is 0 Å². The van der Waals surface area contributed by atoms with E-state index in [1.165, 1.54) is 21.8 Å². The molecule has 32 heavy (non-hydrogen) atoms. The highest BCUT2D eigenvalue weighted by Crippen LogP contribution is 2.29. The lowest BCUT2D eigenvalue weighted by Crippen LogP contribution is -2.29. The second kappa shape index (κ2) is 8.10. The summed E-state index contributed by atoms with van der Waals surface area (Å²) in [4.78, 5) is 53.5. The van der Waals surface area contributed by atoms with Crippen LogP contribution in [0.2, 0.25) is 0 Å². The molecule has 2 aromatic carbocycles. The highest BCUT2D eigenvalue weighted by Gasteiger charge is 2.36. The number of carbonyl (C=O) groups excluding carboxylic acids is 4. The van der Waals surface area contributed by atoms with Gasteiger partial charge in [-0.3, -0.25) is 23.9 Å². The molecule has 9 heteroatoms. The van der Waals surface area contributed by atoms with E-state index in [9.17, 15) is 19.2 Å². The highest BCUT2D eigenvalue weighted by molar-refractivity contribution is 6.34. The van der Waals surface area contributed by atoms with Crippen molar-refractivity contribution >= 4 is 35.0 Å². The molecule has 9 nitrogen and oxygen atoms in total. The first-order valence-electron chi connectivity index (χ1n) is 10.00. The van der Waals surface area contributed by atoms with Crippen molar-refractivity contribution in [2.45, 2.75) is 13.5 Å². The van der Waals surface area contributed by atoms with Gasteiger partial charge in [-0.1, -0.05) is 18.2 Å². The topological polar surface area (TPSA) is 105 Å². The summed E-state index contributed by atoms with van der Waals surface area (Å²) < 4.78 is 1.51. The summed E-state index contributed by atoms with van der Waals surface area (Å²) >= 11 is 0. The lowest BCUT2D eigenvalue weighted by Gasteiger charge is -2.15. The third kappa shape index (κ3) is 3.43. The molecule has 0 aliphatic carbocycles. The minimum atomic E-state index is -0.494. The zero-order valence-corrected chi connectivity index (χ0v) is 17.8. The van der Waals surface area contributed by atoms with Gasteiger partial charge in [-0.2, -0.15) is 5.10 Å². The molecule has 3 aromatic rings. The molecule has 2 heterocycles. The normalized spacial score (nSPS) is 12.7. The van der Waals surface area contributed by atoms with Crippen molar-refractivity contribution in [1.82, 2.24) is 14.7 Å². The summed E-state index contributed by atoms with van der Waals surface area (Å²) in [6.07, 6.45) is 1.42. The van der Waals surface area contributed by atoms with Gasteiger partial charge in [0.2, 0.25) is 0 Å². The monoisotopic (exact) mass is 431 g/mol. The van der Waals surface area contributed by atoms with Gasteiger partial charge in [0.15, 0.2) is 0 Å². The van der Waals surface area contributed by atoms with Gasteiger partial charge in [-0.15, -0.1) is 0 Å². The molecule has 1 N–H and O–H groups in total. The standard InChI is InChI=1S/C23H21N5O4/c1-4-27-19(23(32)26(2)3)18(13-24-27)25-20(29)14-8-7-9-15(12-14)28-21(30)16-10-5-6-11-17(16)22(28)31/h5-13H,4H2,1-3H3,(H,25,29). The van der Waals surface area contributed by atoms with Crippen molar-refractivity contribution in [3.63, 3.8) is 0 Å². The van der Waals surface area contributed by atoms with Crippen molar-refractivity contribution in [2.24, 2.45) is 0 Å². The molecule has 0 spiro atoms. The fraction of sp³-hybridized carbons (Fsp3) is 0.174. The van der Waals surface area contributed by atoms with Crippen LogP contribution in [0.25, 0.3) is 0 Å². The Kier molecular flexibility index (Phi) is 5.31. The molecular formula is C23H21N5O4. The fourth-order valence-electron chi connectivity index (χ4n) is 3.56. The predicted octanol–water partition coefficient (Wildman–Crippen LogP) is 2.66. The first-order valence-corrected chi connectivity index (χ1v) is 10.00. The third-order valence-corrected chi connectivity index (χ3v) is 5.16. The van der Waals surface area contributed by atoms with Crippen LogP contribution in [0.3, 0.4) is 0 Å². The van der Waals surface area contributed by atoms with Crippen LogP contribution in [0.5, 0.6) is 0 Å². The summed E-state index contributed by atoms with van der Waals surface area (Å²) in [5.74, 6) is -1.66. The maximum Gasteiger partial charge on any atom is 0.273 e. The maximum atomic E-state index is 12.9. The highest BCUT2D eigenvalue weighted by atomic mass is 16.2. The lowest BCUT2D eigenvalue weighted by molar-refractivity contribution is 0.0815. The zero-order chi connectivity index (χ0) is 23.0. The number of rotatable bonds is 5.